The maximum absolute atomic E-state index is 12.3. The highest BCUT2D eigenvalue weighted by atomic mass is 16.2. The van der Waals surface area contributed by atoms with E-state index < -0.39 is 11.5 Å². The van der Waals surface area contributed by atoms with E-state index in [2.05, 4.69) is 10.5 Å². The van der Waals surface area contributed by atoms with Crippen molar-refractivity contribution in [3.63, 3.8) is 0 Å². The van der Waals surface area contributed by atoms with E-state index in [0.29, 0.717) is 22.2 Å². The number of carbonyl (C=O) groups is 1. The summed E-state index contributed by atoms with van der Waals surface area (Å²) in [6.07, 6.45) is 0. The Balaban J connectivity index is 2.08. The lowest BCUT2D eigenvalue weighted by molar-refractivity contribution is 0.101. The molecule has 1 aromatic carbocycles. The average molecular weight is 312 g/mol. The number of H-pyrrole nitrogens is 1. The number of hydrogen-bond acceptors (Lipinski definition) is 3. The molecule has 0 fully saturated rings. The van der Waals surface area contributed by atoms with Crippen LogP contribution in [0.15, 0.2) is 39.9 Å². The van der Waals surface area contributed by atoms with Crippen molar-refractivity contribution in [3.8, 4) is 0 Å². The number of aryl methyl sites for hydroxylation is 3. The van der Waals surface area contributed by atoms with Gasteiger partial charge in [-0.05, 0) is 26.0 Å². The number of rotatable bonds is 2. The molecule has 0 saturated heterocycles. The first-order chi connectivity index (χ1) is 10.9. The summed E-state index contributed by atoms with van der Waals surface area (Å²) in [5, 5.41) is 3.18. The molecule has 2 N–H and O–H groups in total. The zero-order valence-corrected chi connectivity index (χ0v) is 13.0. The lowest BCUT2D eigenvalue weighted by Crippen LogP contribution is -2.34. The quantitative estimate of drug-likeness (QED) is 0.740. The third kappa shape index (κ3) is 2.46. The van der Waals surface area contributed by atoms with E-state index in [9.17, 15) is 14.4 Å². The summed E-state index contributed by atoms with van der Waals surface area (Å²) < 4.78 is 2.39. The van der Waals surface area contributed by atoms with E-state index in [-0.39, 0.29) is 5.56 Å². The monoisotopic (exact) mass is 312 g/mol. The van der Waals surface area contributed by atoms with Gasteiger partial charge in [-0.25, -0.2) is 4.68 Å². The molecular formula is C16H16N4O3. The van der Waals surface area contributed by atoms with Gasteiger partial charge in [-0.1, -0.05) is 17.7 Å². The maximum atomic E-state index is 12.3. The fourth-order valence-corrected chi connectivity index (χ4v) is 2.50. The van der Waals surface area contributed by atoms with E-state index in [4.69, 9.17) is 0 Å². The van der Waals surface area contributed by atoms with Crippen molar-refractivity contribution >= 4 is 16.8 Å². The van der Waals surface area contributed by atoms with Crippen molar-refractivity contribution in [1.82, 2.24) is 14.5 Å². The van der Waals surface area contributed by atoms with Crippen LogP contribution in [-0.2, 0) is 7.05 Å². The lowest BCUT2D eigenvalue weighted by Gasteiger charge is -2.11. The number of aromatic amines is 1. The molecule has 118 valence electrons. The zero-order valence-electron chi connectivity index (χ0n) is 13.0. The average Bonchev–Trinajstić information content (AvgIpc) is 2.78. The second-order valence-corrected chi connectivity index (χ2v) is 5.47. The predicted molar refractivity (Wildman–Crippen MR) is 87.4 cm³/mol. The predicted octanol–water partition coefficient (Wildman–Crippen LogP) is 1.03. The number of hydrogen-bond donors (Lipinski definition) is 2. The maximum Gasteiger partial charge on any atom is 0.275 e. The fraction of sp³-hybridized carbons (Fsp3) is 0.188. The van der Waals surface area contributed by atoms with Crippen molar-refractivity contribution in [2.24, 2.45) is 7.05 Å². The third-order valence-electron chi connectivity index (χ3n) is 3.79. The van der Waals surface area contributed by atoms with Crippen LogP contribution >= 0.6 is 0 Å². The smallest absolute Gasteiger partial charge is 0.275 e. The van der Waals surface area contributed by atoms with Gasteiger partial charge < -0.3 is 0 Å². The molecule has 3 rings (SSSR count). The van der Waals surface area contributed by atoms with Crippen LogP contribution in [0.1, 0.15) is 21.6 Å². The Kier molecular flexibility index (Phi) is 3.40. The second kappa shape index (κ2) is 5.28. The minimum absolute atomic E-state index is 0.254. The van der Waals surface area contributed by atoms with Gasteiger partial charge in [0.1, 0.15) is 0 Å². The van der Waals surface area contributed by atoms with Gasteiger partial charge in [0.15, 0.2) is 0 Å². The second-order valence-electron chi connectivity index (χ2n) is 5.47. The molecule has 0 aliphatic rings. The molecule has 1 amide bonds. The Morgan fingerprint density at radius 3 is 2.43 bits per heavy atom. The minimum atomic E-state index is -0.419. The van der Waals surface area contributed by atoms with Crippen molar-refractivity contribution in [1.29, 1.82) is 0 Å². The molecule has 23 heavy (non-hydrogen) atoms. The topological polar surface area (TPSA) is 88.9 Å². The van der Waals surface area contributed by atoms with Crippen molar-refractivity contribution < 1.29 is 4.79 Å². The van der Waals surface area contributed by atoms with Gasteiger partial charge in [0.25, 0.3) is 17.0 Å². The molecule has 7 nitrogen and oxygen atoms in total. The molecular weight excluding hydrogens is 296 g/mol. The molecule has 2 aromatic heterocycles. The molecule has 0 bridgehead atoms. The number of nitrogens with zero attached hydrogens (tertiary/aromatic N) is 2. The van der Waals surface area contributed by atoms with Crippen LogP contribution in [0.25, 0.3) is 10.9 Å². The number of pyridine rings is 1. The summed E-state index contributed by atoms with van der Waals surface area (Å²) in [6.45, 7) is 3.54. The minimum Gasteiger partial charge on any atom is -0.295 e. The van der Waals surface area contributed by atoms with Gasteiger partial charge in [-0.2, -0.15) is 0 Å². The standard InChI is InChI=1S/C16H16N4O3/c1-9-4-6-11(7-5-9)15(22)18-20-10(2)14-12(8-13(20)21)17-19(3)16(14)23/h4-8,17H,1-3H3,(H,18,22). The molecule has 0 atom stereocenters. The van der Waals surface area contributed by atoms with E-state index in [0.717, 1.165) is 10.2 Å². The van der Waals surface area contributed by atoms with Gasteiger partial charge in [-0.15, -0.1) is 0 Å². The highest BCUT2D eigenvalue weighted by Gasteiger charge is 2.15. The van der Waals surface area contributed by atoms with Crippen LogP contribution in [0, 0.1) is 13.8 Å². The Labute approximate surface area is 131 Å². The molecule has 0 radical (unpaired) electrons. The molecule has 0 aliphatic heterocycles. The van der Waals surface area contributed by atoms with Crippen LogP contribution in [0.5, 0.6) is 0 Å². The molecule has 0 aliphatic carbocycles. The molecule has 0 unspecified atom stereocenters. The van der Waals surface area contributed by atoms with Crippen LogP contribution in [-0.4, -0.2) is 20.4 Å². The first kappa shape index (κ1) is 14.8. The van der Waals surface area contributed by atoms with Crippen molar-refractivity contribution in [2.75, 3.05) is 5.43 Å². The summed E-state index contributed by atoms with van der Waals surface area (Å²) in [7, 11) is 1.57. The fourth-order valence-electron chi connectivity index (χ4n) is 2.50. The van der Waals surface area contributed by atoms with E-state index in [1.54, 1.807) is 26.1 Å². The first-order valence-corrected chi connectivity index (χ1v) is 7.08. The number of carbonyl (C=O) groups excluding carboxylic acids is 1. The number of benzene rings is 1. The number of aromatic nitrogens is 3. The zero-order chi connectivity index (χ0) is 16.7. The number of fused-ring (bicyclic) bond motifs is 1. The summed E-state index contributed by atoms with van der Waals surface area (Å²) in [5.41, 5.74) is 4.17. The lowest BCUT2D eigenvalue weighted by atomic mass is 10.1. The molecule has 3 aromatic rings. The Morgan fingerprint density at radius 1 is 1.13 bits per heavy atom. The summed E-state index contributed by atoms with van der Waals surface area (Å²) in [6, 6.07) is 8.28. The SMILES string of the molecule is Cc1ccc(C(=O)Nn2c(C)c3c(=O)n(C)[nH]c3cc2=O)cc1. The summed E-state index contributed by atoms with van der Waals surface area (Å²) >= 11 is 0. The number of amides is 1. The van der Waals surface area contributed by atoms with Gasteiger partial charge in [-0.3, -0.25) is 29.6 Å². The van der Waals surface area contributed by atoms with Crippen LogP contribution in [0.2, 0.25) is 0 Å². The molecule has 7 heteroatoms. The van der Waals surface area contributed by atoms with Gasteiger partial charge in [0.2, 0.25) is 0 Å². The normalized spacial score (nSPS) is 10.9. The van der Waals surface area contributed by atoms with Crippen molar-refractivity contribution in [2.45, 2.75) is 13.8 Å². The van der Waals surface area contributed by atoms with Crippen LogP contribution in [0.3, 0.4) is 0 Å². The summed E-state index contributed by atoms with van der Waals surface area (Å²) in [4.78, 5) is 36.6. The molecule has 2 heterocycles. The van der Waals surface area contributed by atoms with Gasteiger partial charge in [0, 0.05) is 18.7 Å². The third-order valence-corrected chi connectivity index (χ3v) is 3.79. The van der Waals surface area contributed by atoms with E-state index in [1.807, 2.05) is 19.1 Å². The Hall–Kier alpha value is -3.09. The molecule has 0 spiro atoms. The van der Waals surface area contributed by atoms with E-state index in [1.165, 1.54) is 10.7 Å². The Bertz CT molecular complexity index is 1020. The first-order valence-electron chi connectivity index (χ1n) is 7.08. The highest BCUT2D eigenvalue weighted by Crippen LogP contribution is 2.09. The number of nitrogens with one attached hydrogen (secondary N) is 2. The van der Waals surface area contributed by atoms with Crippen LogP contribution < -0.4 is 16.5 Å². The van der Waals surface area contributed by atoms with Crippen LogP contribution in [0.4, 0.5) is 0 Å². The molecule has 0 saturated carbocycles. The highest BCUT2D eigenvalue weighted by molar-refractivity contribution is 6.00. The largest absolute Gasteiger partial charge is 0.295 e. The Morgan fingerprint density at radius 2 is 1.78 bits per heavy atom. The van der Waals surface area contributed by atoms with Crippen molar-refractivity contribution in [3.05, 3.63) is 67.9 Å². The summed E-state index contributed by atoms with van der Waals surface area (Å²) in [5.74, 6) is -0.415. The van der Waals surface area contributed by atoms with Gasteiger partial charge in [0.05, 0.1) is 16.6 Å². The van der Waals surface area contributed by atoms with E-state index >= 15 is 0 Å². The van der Waals surface area contributed by atoms with Gasteiger partial charge >= 0.3 is 0 Å².